The average Bonchev–Trinajstić information content (AvgIpc) is 2.92. The van der Waals surface area contributed by atoms with Crippen LogP contribution in [0.4, 0.5) is 0 Å². The zero-order valence-corrected chi connectivity index (χ0v) is 14.2. The van der Waals surface area contributed by atoms with Crippen molar-refractivity contribution in [3.8, 4) is 11.3 Å². The summed E-state index contributed by atoms with van der Waals surface area (Å²) in [6.45, 7) is 9.09. The van der Waals surface area contributed by atoms with Crippen LogP contribution < -0.4 is 5.32 Å². The van der Waals surface area contributed by atoms with Gasteiger partial charge in [-0.25, -0.2) is 4.98 Å². The van der Waals surface area contributed by atoms with Gasteiger partial charge in [-0.15, -0.1) is 11.3 Å². The summed E-state index contributed by atoms with van der Waals surface area (Å²) in [6, 6.07) is 10.4. The van der Waals surface area contributed by atoms with Crippen LogP contribution in [0.15, 0.2) is 35.7 Å². The van der Waals surface area contributed by atoms with Crippen LogP contribution in [-0.2, 0) is 6.42 Å². The summed E-state index contributed by atoms with van der Waals surface area (Å²) in [7, 11) is 0. The lowest BCUT2D eigenvalue weighted by Gasteiger charge is -2.23. The smallest absolute Gasteiger partial charge is 0.0937 e. The molecule has 3 heteroatoms. The Balaban J connectivity index is 1.92. The van der Waals surface area contributed by atoms with Gasteiger partial charge in [0.15, 0.2) is 0 Å². The number of nitrogens with zero attached hydrogens (tertiary/aromatic N) is 1. The van der Waals surface area contributed by atoms with E-state index in [1.165, 1.54) is 23.4 Å². The molecule has 1 aromatic carbocycles. The SMILES string of the molecule is CCCNCCC(C)(C)Cc1nc(-c2ccccc2)cs1. The molecule has 0 aliphatic carbocycles. The highest BCUT2D eigenvalue weighted by Crippen LogP contribution is 2.29. The van der Waals surface area contributed by atoms with Gasteiger partial charge < -0.3 is 5.32 Å². The molecule has 0 aliphatic rings. The van der Waals surface area contributed by atoms with E-state index < -0.39 is 0 Å². The fraction of sp³-hybridized carbons (Fsp3) is 0.500. The standard InChI is InChI=1S/C18H26N2S/c1-4-11-19-12-10-18(2,3)13-17-20-16(14-21-17)15-8-6-5-7-9-15/h5-9,14,19H,4,10-13H2,1-3H3. The van der Waals surface area contributed by atoms with Gasteiger partial charge in [-0.2, -0.15) is 0 Å². The van der Waals surface area contributed by atoms with E-state index in [1.807, 2.05) is 6.07 Å². The van der Waals surface area contributed by atoms with Crippen molar-refractivity contribution < 1.29 is 0 Å². The topological polar surface area (TPSA) is 24.9 Å². The second-order valence-corrected chi connectivity index (χ2v) is 7.28. The van der Waals surface area contributed by atoms with Gasteiger partial charge in [0.25, 0.3) is 0 Å². The van der Waals surface area contributed by atoms with Crippen LogP contribution in [0.2, 0.25) is 0 Å². The Morgan fingerprint density at radius 1 is 1.14 bits per heavy atom. The summed E-state index contributed by atoms with van der Waals surface area (Å²) >= 11 is 1.78. The molecule has 0 spiro atoms. The van der Waals surface area contributed by atoms with Crippen LogP contribution >= 0.6 is 11.3 Å². The normalized spacial score (nSPS) is 11.8. The van der Waals surface area contributed by atoms with Crippen molar-refractivity contribution in [1.82, 2.24) is 10.3 Å². The first-order valence-electron chi connectivity index (χ1n) is 7.81. The molecule has 0 radical (unpaired) electrons. The highest BCUT2D eigenvalue weighted by Gasteiger charge is 2.20. The fourth-order valence-corrected chi connectivity index (χ4v) is 3.42. The first kappa shape index (κ1) is 16.2. The molecular formula is C18H26N2S. The Morgan fingerprint density at radius 2 is 1.90 bits per heavy atom. The highest BCUT2D eigenvalue weighted by atomic mass is 32.1. The Hall–Kier alpha value is -1.19. The van der Waals surface area contributed by atoms with Crippen molar-refractivity contribution in [3.63, 3.8) is 0 Å². The number of nitrogens with one attached hydrogen (secondary N) is 1. The summed E-state index contributed by atoms with van der Waals surface area (Å²) in [5, 5.41) is 6.91. The van der Waals surface area contributed by atoms with Crippen molar-refractivity contribution in [2.24, 2.45) is 5.41 Å². The summed E-state index contributed by atoms with van der Waals surface area (Å²) in [4.78, 5) is 4.81. The lowest BCUT2D eigenvalue weighted by molar-refractivity contribution is 0.325. The fourth-order valence-electron chi connectivity index (χ4n) is 2.36. The molecule has 0 atom stereocenters. The molecule has 0 unspecified atom stereocenters. The van der Waals surface area contributed by atoms with Crippen LogP contribution in [0.3, 0.4) is 0 Å². The summed E-state index contributed by atoms with van der Waals surface area (Å²) in [6.07, 6.45) is 3.44. The maximum absolute atomic E-state index is 4.81. The Labute approximate surface area is 132 Å². The van der Waals surface area contributed by atoms with Gasteiger partial charge in [0, 0.05) is 17.4 Å². The first-order valence-corrected chi connectivity index (χ1v) is 8.69. The Kier molecular flexibility index (Phi) is 5.95. The van der Waals surface area contributed by atoms with E-state index in [0.717, 1.165) is 25.2 Å². The molecule has 0 saturated carbocycles. The Morgan fingerprint density at radius 3 is 2.62 bits per heavy atom. The first-order chi connectivity index (χ1) is 10.1. The third-order valence-corrected chi connectivity index (χ3v) is 4.51. The van der Waals surface area contributed by atoms with Gasteiger partial charge in [-0.05, 0) is 31.3 Å². The third-order valence-electron chi connectivity index (χ3n) is 3.66. The molecule has 0 amide bonds. The zero-order valence-electron chi connectivity index (χ0n) is 13.4. The largest absolute Gasteiger partial charge is 0.317 e. The number of thiazole rings is 1. The lowest BCUT2D eigenvalue weighted by atomic mass is 9.86. The summed E-state index contributed by atoms with van der Waals surface area (Å²) in [5.41, 5.74) is 2.62. The molecule has 2 rings (SSSR count). The molecular weight excluding hydrogens is 276 g/mol. The lowest BCUT2D eigenvalue weighted by Crippen LogP contribution is -2.24. The quantitative estimate of drug-likeness (QED) is 0.711. The molecule has 1 aromatic heterocycles. The van der Waals surface area contributed by atoms with Crippen LogP contribution in [0.25, 0.3) is 11.3 Å². The molecule has 0 fully saturated rings. The highest BCUT2D eigenvalue weighted by molar-refractivity contribution is 7.09. The van der Waals surface area contributed by atoms with Gasteiger partial charge in [-0.3, -0.25) is 0 Å². The van der Waals surface area contributed by atoms with Gasteiger partial charge >= 0.3 is 0 Å². The molecule has 1 N–H and O–H groups in total. The minimum atomic E-state index is 0.298. The van der Waals surface area contributed by atoms with Crippen molar-refractivity contribution in [3.05, 3.63) is 40.7 Å². The van der Waals surface area contributed by atoms with Gasteiger partial charge in [0.2, 0.25) is 0 Å². The maximum atomic E-state index is 4.81. The van der Waals surface area contributed by atoms with E-state index in [2.05, 4.69) is 55.7 Å². The van der Waals surface area contributed by atoms with E-state index in [1.54, 1.807) is 11.3 Å². The van der Waals surface area contributed by atoms with E-state index in [4.69, 9.17) is 4.98 Å². The van der Waals surface area contributed by atoms with Crippen LogP contribution in [-0.4, -0.2) is 18.1 Å². The minimum Gasteiger partial charge on any atom is -0.317 e. The average molecular weight is 302 g/mol. The third kappa shape index (κ3) is 5.25. The van der Waals surface area contributed by atoms with Crippen LogP contribution in [0.1, 0.15) is 38.6 Å². The summed E-state index contributed by atoms with van der Waals surface area (Å²) < 4.78 is 0. The van der Waals surface area contributed by atoms with E-state index in [0.29, 0.717) is 5.41 Å². The number of rotatable bonds is 8. The van der Waals surface area contributed by atoms with E-state index in [9.17, 15) is 0 Å². The zero-order chi connectivity index (χ0) is 15.1. The van der Waals surface area contributed by atoms with Crippen molar-refractivity contribution in [1.29, 1.82) is 0 Å². The molecule has 1 heterocycles. The second kappa shape index (κ2) is 7.71. The van der Waals surface area contributed by atoms with Crippen molar-refractivity contribution in [2.45, 2.75) is 40.0 Å². The molecule has 0 saturated heterocycles. The van der Waals surface area contributed by atoms with Crippen molar-refractivity contribution in [2.75, 3.05) is 13.1 Å². The molecule has 0 bridgehead atoms. The maximum Gasteiger partial charge on any atom is 0.0937 e. The number of hydrogen-bond donors (Lipinski definition) is 1. The summed E-state index contributed by atoms with van der Waals surface area (Å²) in [5.74, 6) is 0. The minimum absolute atomic E-state index is 0.298. The monoisotopic (exact) mass is 302 g/mol. The van der Waals surface area contributed by atoms with Crippen LogP contribution in [0.5, 0.6) is 0 Å². The van der Waals surface area contributed by atoms with Crippen molar-refractivity contribution >= 4 is 11.3 Å². The number of hydrogen-bond acceptors (Lipinski definition) is 3. The molecule has 2 aromatic rings. The molecule has 114 valence electrons. The van der Waals surface area contributed by atoms with Crippen LogP contribution in [0, 0.1) is 5.41 Å². The Bertz CT molecular complexity index is 531. The number of benzene rings is 1. The second-order valence-electron chi connectivity index (χ2n) is 6.33. The van der Waals surface area contributed by atoms with Gasteiger partial charge in [0.05, 0.1) is 10.7 Å². The number of aromatic nitrogens is 1. The predicted octanol–water partition coefficient (Wildman–Crippen LogP) is 4.77. The van der Waals surface area contributed by atoms with E-state index in [-0.39, 0.29) is 0 Å². The molecule has 2 nitrogen and oxygen atoms in total. The van der Waals surface area contributed by atoms with Gasteiger partial charge in [0.1, 0.15) is 0 Å². The molecule has 21 heavy (non-hydrogen) atoms. The molecule has 0 aliphatic heterocycles. The van der Waals surface area contributed by atoms with Gasteiger partial charge in [-0.1, -0.05) is 51.1 Å². The van der Waals surface area contributed by atoms with E-state index >= 15 is 0 Å². The predicted molar refractivity (Wildman–Crippen MR) is 92.8 cm³/mol.